The van der Waals surface area contributed by atoms with Gasteiger partial charge in [-0.3, -0.25) is 4.79 Å². The van der Waals surface area contributed by atoms with Crippen LogP contribution in [0.5, 0.6) is 0 Å². The Morgan fingerprint density at radius 1 is 1.09 bits per heavy atom. The van der Waals surface area contributed by atoms with E-state index in [0.29, 0.717) is 0 Å². The lowest BCUT2D eigenvalue weighted by Gasteiger charge is -2.42. The van der Waals surface area contributed by atoms with Crippen LogP contribution in [0.25, 0.3) is 0 Å². The fraction of sp³-hybridized carbons (Fsp3) is 0.737. The zero-order valence-electron chi connectivity index (χ0n) is 15.2. The number of ketones is 1. The van der Waals surface area contributed by atoms with E-state index in [4.69, 9.17) is 4.74 Å². The van der Waals surface area contributed by atoms with Crippen molar-refractivity contribution in [3.8, 4) is 0 Å². The zero-order valence-corrected chi connectivity index (χ0v) is 15.2. The molecule has 1 aliphatic carbocycles. The topological polar surface area (TPSA) is 38.3 Å². The highest BCUT2D eigenvalue weighted by atomic mass is 16.5. The molecular weight excluding hydrogens is 274 g/mol. The SMILES string of the molecule is CC(C)(C)C1=CC(C)(C2CNCCO2)C=C(C(C)(C)C)C1=O. The first kappa shape index (κ1) is 17.4. The third-order valence-corrected chi connectivity index (χ3v) is 4.64. The summed E-state index contributed by atoms with van der Waals surface area (Å²) in [6.45, 7) is 17.3. The quantitative estimate of drug-likeness (QED) is 0.805. The molecule has 3 nitrogen and oxygen atoms in total. The van der Waals surface area contributed by atoms with Crippen LogP contribution in [0.2, 0.25) is 0 Å². The molecule has 1 saturated heterocycles. The smallest absolute Gasteiger partial charge is 0.185 e. The van der Waals surface area contributed by atoms with Crippen molar-refractivity contribution in [3.05, 3.63) is 23.3 Å². The maximum Gasteiger partial charge on any atom is 0.185 e. The molecule has 1 heterocycles. The first-order chi connectivity index (χ1) is 9.95. The molecule has 0 aromatic rings. The Bertz CT molecular complexity index is 475. The highest BCUT2D eigenvalue weighted by Gasteiger charge is 2.43. The van der Waals surface area contributed by atoms with E-state index < -0.39 is 0 Å². The number of ether oxygens (including phenoxy) is 1. The summed E-state index contributed by atoms with van der Waals surface area (Å²) in [4.78, 5) is 13.0. The van der Waals surface area contributed by atoms with Crippen molar-refractivity contribution in [3.63, 3.8) is 0 Å². The van der Waals surface area contributed by atoms with Gasteiger partial charge in [0.05, 0.1) is 12.7 Å². The second-order valence-corrected chi connectivity index (χ2v) is 8.87. The van der Waals surface area contributed by atoms with Crippen LogP contribution in [-0.2, 0) is 9.53 Å². The minimum absolute atomic E-state index is 0.0732. The van der Waals surface area contributed by atoms with Gasteiger partial charge in [0.25, 0.3) is 0 Å². The summed E-state index contributed by atoms with van der Waals surface area (Å²) in [5.74, 6) is 0.196. The minimum Gasteiger partial charge on any atom is -0.374 e. The highest BCUT2D eigenvalue weighted by molar-refractivity contribution is 6.10. The molecule has 22 heavy (non-hydrogen) atoms. The van der Waals surface area contributed by atoms with Crippen molar-refractivity contribution in [2.45, 2.75) is 54.6 Å². The molecule has 0 amide bonds. The Morgan fingerprint density at radius 3 is 1.95 bits per heavy atom. The van der Waals surface area contributed by atoms with Crippen LogP contribution < -0.4 is 5.32 Å². The number of allylic oxidation sites excluding steroid dienone is 2. The number of nitrogens with one attached hydrogen (secondary N) is 1. The molecule has 1 atom stereocenters. The molecule has 0 bridgehead atoms. The molecule has 3 heteroatoms. The van der Waals surface area contributed by atoms with Gasteiger partial charge in [0, 0.05) is 29.7 Å². The van der Waals surface area contributed by atoms with Crippen molar-refractivity contribution in [2.75, 3.05) is 19.7 Å². The second-order valence-electron chi connectivity index (χ2n) is 8.87. The Labute approximate surface area is 135 Å². The number of hydrogen-bond donors (Lipinski definition) is 1. The van der Waals surface area contributed by atoms with Gasteiger partial charge in [-0.1, -0.05) is 53.7 Å². The summed E-state index contributed by atoms with van der Waals surface area (Å²) >= 11 is 0. The number of carbonyl (C=O) groups is 1. The molecule has 0 aromatic carbocycles. The molecule has 2 aliphatic rings. The first-order valence-corrected chi connectivity index (χ1v) is 8.29. The van der Waals surface area contributed by atoms with Crippen LogP contribution in [-0.4, -0.2) is 31.6 Å². The summed E-state index contributed by atoms with van der Waals surface area (Å²) in [6, 6.07) is 0. The maximum atomic E-state index is 13.0. The van der Waals surface area contributed by atoms with E-state index in [9.17, 15) is 4.79 Å². The number of Topliss-reactive ketones (excluding diaryl/α,β-unsaturated/α-hetero) is 1. The van der Waals surface area contributed by atoms with Crippen molar-refractivity contribution >= 4 is 5.78 Å². The lowest BCUT2D eigenvalue weighted by atomic mass is 9.65. The molecule has 0 radical (unpaired) electrons. The van der Waals surface area contributed by atoms with E-state index in [0.717, 1.165) is 30.8 Å². The Balaban J connectivity index is 2.52. The predicted molar refractivity (Wildman–Crippen MR) is 90.8 cm³/mol. The van der Waals surface area contributed by atoms with Gasteiger partial charge < -0.3 is 10.1 Å². The lowest BCUT2D eigenvalue weighted by molar-refractivity contribution is -0.114. The summed E-state index contributed by atoms with van der Waals surface area (Å²) in [6.07, 6.45) is 4.38. The summed E-state index contributed by atoms with van der Waals surface area (Å²) < 4.78 is 6.01. The normalized spacial score (nSPS) is 26.5. The van der Waals surface area contributed by atoms with Crippen LogP contribution >= 0.6 is 0 Å². The zero-order chi connectivity index (χ0) is 16.8. The lowest BCUT2D eigenvalue weighted by Crippen LogP contribution is -2.48. The van der Waals surface area contributed by atoms with Crippen molar-refractivity contribution in [1.82, 2.24) is 5.32 Å². The summed E-state index contributed by atoms with van der Waals surface area (Å²) in [7, 11) is 0. The Morgan fingerprint density at radius 2 is 1.59 bits per heavy atom. The second kappa shape index (κ2) is 5.61. The molecule has 1 N–H and O–H groups in total. The van der Waals surface area contributed by atoms with Crippen LogP contribution in [0, 0.1) is 16.2 Å². The van der Waals surface area contributed by atoms with E-state index in [1.807, 2.05) is 0 Å². The fourth-order valence-electron chi connectivity index (χ4n) is 3.20. The molecule has 2 rings (SSSR count). The molecule has 1 unspecified atom stereocenters. The maximum absolute atomic E-state index is 13.0. The number of hydrogen-bond acceptors (Lipinski definition) is 3. The summed E-state index contributed by atoms with van der Waals surface area (Å²) in [5, 5.41) is 3.41. The van der Waals surface area contributed by atoms with Crippen LogP contribution in [0.15, 0.2) is 23.3 Å². The molecule has 0 aromatic heterocycles. The van der Waals surface area contributed by atoms with Gasteiger partial charge in [-0.25, -0.2) is 0 Å². The van der Waals surface area contributed by atoms with E-state index in [1.54, 1.807) is 0 Å². The number of rotatable bonds is 1. The third kappa shape index (κ3) is 3.36. The van der Waals surface area contributed by atoms with E-state index >= 15 is 0 Å². The van der Waals surface area contributed by atoms with Crippen LogP contribution in [0.3, 0.4) is 0 Å². The molecule has 124 valence electrons. The predicted octanol–water partition coefficient (Wildman–Crippen LogP) is 3.51. The molecule has 0 saturated carbocycles. The Kier molecular flexibility index (Phi) is 4.44. The third-order valence-electron chi connectivity index (χ3n) is 4.64. The van der Waals surface area contributed by atoms with Gasteiger partial charge in [-0.15, -0.1) is 0 Å². The van der Waals surface area contributed by atoms with E-state index in [1.165, 1.54) is 0 Å². The molecule has 1 fully saturated rings. The number of morpholine rings is 1. The monoisotopic (exact) mass is 305 g/mol. The van der Waals surface area contributed by atoms with Gasteiger partial charge in [0.15, 0.2) is 5.78 Å². The molecule has 0 spiro atoms. The van der Waals surface area contributed by atoms with Crippen LogP contribution in [0.1, 0.15) is 48.5 Å². The van der Waals surface area contributed by atoms with Gasteiger partial charge in [-0.2, -0.15) is 0 Å². The van der Waals surface area contributed by atoms with Crippen LogP contribution in [0.4, 0.5) is 0 Å². The Hall–Kier alpha value is -0.930. The fourth-order valence-corrected chi connectivity index (χ4v) is 3.20. The highest BCUT2D eigenvalue weighted by Crippen LogP contribution is 2.45. The van der Waals surface area contributed by atoms with Crippen molar-refractivity contribution in [1.29, 1.82) is 0 Å². The average Bonchev–Trinajstić information content (AvgIpc) is 2.40. The standard InChI is InChI=1S/C19H31NO2/c1-17(2,3)13-10-19(7,15-12-20-8-9-22-15)11-14(16(13)21)18(4,5)6/h10-11,15,20H,8-9,12H2,1-7H3. The van der Waals surface area contributed by atoms with Gasteiger partial charge in [0.2, 0.25) is 0 Å². The largest absolute Gasteiger partial charge is 0.374 e. The van der Waals surface area contributed by atoms with Crippen molar-refractivity contribution < 1.29 is 9.53 Å². The van der Waals surface area contributed by atoms with Gasteiger partial charge in [-0.05, 0) is 17.8 Å². The number of carbonyl (C=O) groups excluding carboxylic acids is 1. The minimum atomic E-state index is -0.243. The van der Waals surface area contributed by atoms with E-state index in [-0.39, 0.29) is 28.1 Å². The molecular formula is C19H31NO2. The van der Waals surface area contributed by atoms with Gasteiger partial charge in [0.1, 0.15) is 0 Å². The van der Waals surface area contributed by atoms with E-state index in [2.05, 4.69) is 65.9 Å². The first-order valence-electron chi connectivity index (χ1n) is 8.29. The van der Waals surface area contributed by atoms with Crippen molar-refractivity contribution in [2.24, 2.45) is 16.2 Å². The average molecular weight is 305 g/mol. The summed E-state index contributed by atoms with van der Waals surface area (Å²) in [5.41, 5.74) is 1.26. The molecule has 1 aliphatic heterocycles. The van der Waals surface area contributed by atoms with Gasteiger partial charge >= 0.3 is 0 Å².